The second-order valence-corrected chi connectivity index (χ2v) is 14.5. The highest BCUT2D eigenvalue weighted by atomic mass is 14.4. The molecule has 0 heterocycles. The molecule has 0 saturated carbocycles. The summed E-state index contributed by atoms with van der Waals surface area (Å²) in [6.07, 6.45) is 0. The Morgan fingerprint density at radius 2 is 0.745 bits per heavy atom. The Morgan fingerprint density at radius 1 is 0.314 bits per heavy atom. The van der Waals surface area contributed by atoms with Crippen molar-refractivity contribution in [3.05, 3.63) is 193 Å². The number of benzene rings is 9. The molecule has 0 fully saturated rings. The Kier molecular flexibility index (Phi) is 6.63. The Hall–Kier alpha value is -6.24. The van der Waals surface area contributed by atoms with Crippen LogP contribution < -0.4 is 0 Å². The molecule has 0 atom stereocenters. The number of fused-ring (bicyclic) bond motifs is 7. The van der Waals surface area contributed by atoms with E-state index in [1.165, 1.54) is 99.1 Å². The van der Waals surface area contributed by atoms with Crippen LogP contribution in [0.2, 0.25) is 0 Å². The van der Waals surface area contributed by atoms with Gasteiger partial charge in [-0.3, -0.25) is 0 Å². The summed E-state index contributed by atoms with van der Waals surface area (Å²) < 4.78 is 0. The summed E-state index contributed by atoms with van der Waals surface area (Å²) in [5, 5.41) is 7.76. The molecule has 0 bridgehead atoms. The molecule has 240 valence electrons. The van der Waals surface area contributed by atoms with Gasteiger partial charge in [-0.1, -0.05) is 190 Å². The van der Waals surface area contributed by atoms with E-state index >= 15 is 0 Å². The van der Waals surface area contributed by atoms with Gasteiger partial charge in [0.15, 0.2) is 0 Å². The van der Waals surface area contributed by atoms with Crippen molar-refractivity contribution in [2.75, 3.05) is 0 Å². The molecular formula is C51H36. The maximum atomic E-state index is 2.41. The first-order valence-corrected chi connectivity index (χ1v) is 17.9. The molecular weight excluding hydrogens is 613 g/mol. The maximum Gasteiger partial charge on any atom is 0.0165 e. The zero-order valence-electron chi connectivity index (χ0n) is 28.8. The monoisotopic (exact) mass is 648 g/mol. The summed E-state index contributed by atoms with van der Waals surface area (Å²) in [4.78, 5) is 0. The highest BCUT2D eigenvalue weighted by molar-refractivity contribution is 6.21. The van der Waals surface area contributed by atoms with Crippen molar-refractivity contribution >= 4 is 32.3 Å². The van der Waals surface area contributed by atoms with E-state index in [-0.39, 0.29) is 5.41 Å². The SMILES string of the molecule is CC1(C)c2ccc(-c3ccc(-c4c5ccccc5c(-c5ccc(-c6ccccc6)cc5)c5ccccc45)cc3)cc2-c2ccc3ccccc3c21. The minimum Gasteiger partial charge on any atom is -0.0622 e. The van der Waals surface area contributed by atoms with E-state index in [1.54, 1.807) is 0 Å². The van der Waals surface area contributed by atoms with E-state index in [0.717, 1.165) is 0 Å². The second-order valence-electron chi connectivity index (χ2n) is 14.5. The average Bonchev–Trinajstić information content (AvgIpc) is 3.43. The van der Waals surface area contributed by atoms with Gasteiger partial charge < -0.3 is 0 Å². The van der Waals surface area contributed by atoms with E-state index < -0.39 is 0 Å². The summed E-state index contributed by atoms with van der Waals surface area (Å²) in [5.41, 5.74) is 15.5. The Balaban J connectivity index is 1.08. The van der Waals surface area contributed by atoms with Crippen LogP contribution in [-0.2, 0) is 5.41 Å². The van der Waals surface area contributed by atoms with Crippen LogP contribution in [0.25, 0.3) is 88.0 Å². The third-order valence-corrected chi connectivity index (χ3v) is 11.3. The lowest BCUT2D eigenvalue weighted by Crippen LogP contribution is -2.15. The maximum absolute atomic E-state index is 2.41. The smallest absolute Gasteiger partial charge is 0.0165 e. The highest BCUT2D eigenvalue weighted by Crippen LogP contribution is 2.52. The average molecular weight is 649 g/mol. The van der Waals surface area contributed by atoms with Gasteiger partial charge in [-0.05, 0) is 105 Å². The van der Waals surface area contributed by atoms with Crippen molar-refractivity contribution in [1.82, 2.24) is 0 Å². The molecule has 0 N–H and O–H groups in total. The van der Waals surface area contributed by atoms with Crippen LogP contribution in [0.3, 0.4) is 0 Å². The standard InChI is InChI=1S/C51H36/c1-51(2)47-31-29-39(32-46(47)45-30-28-36-14-6-7-15-40(36)50(45)51)35-22-26-38(27-23-35)49-43-18-10-8-16-41(43)48(42-17-9-11-19-44(42)49)37-24-20-34(21-25-37)33-12-4-3-5-13-33/h3-32H,1-2H3. The molecule has 0 heteroatoms. The van der Waals surface area contributed by atoms with Crippen molar-refractivity contribution in [3.8, 4) is 55.6 Å². The summed E-state index contributed by atoms with van der Waals surface area (Å²) in [5.74, 6) is 0. The van der Waals surface area contributed by atoms with Crippen LogP contribution in [0.1, 0.15) is 25.0 Å². The Morgan fingerprint density at radius 3 is 1.31 bits per heavy atom. The summed E-state index contributed by atoms with van der Waals surface area (Å²) in [6, 6.07) is 67.2. The van der Waals surface area contributed by atoms with Crippen molar-refractivity contribution in [3.63, 3.8) is 0 Å². The lowest BCUT2D eigenvalue weighted by Gasteiger charge is -2.23. The van der Waals surface area contributed by atoms with E-state index in [1.807, 2.05) is 0 Å². The Labute approximate surface area is 299 Å². The molecule has 0 aromatic heterocycles. The number of hydrogen-bond donors (Lipinski definition) is 0. The second kappa shape index (κ2) is 11.4. The molecule has 1 aliphatic carbocycles. The zero-order valence-corrected chi connectivity index (χ0v) is 28.8. The third kappa shape index (κ3) is 4.60. The van der Waals surface area contributed by atoms with E-state index in [2.05, 4.69) is 196 Å². The molecule has 9 aromatic carbocycles. The molecule has 0 amide bonds. The third-order valence-electron chi connectivity index (χ3n) is 11.3. The van der Waals surface area contributed by atoms with Gasteiger partial charge in [-0.15, -0.1) is 0 Å². The van der Waals surface area contributed by atoms with Gasteiger partial charge in [0.2, 0.25) is 0 Å². The fraction of sp³-hybridized carbons (Fsp3) is 0.0588. The van der Waals surface area contributed by atoms with E-state index in [9.17, 15) is 0 Å². The van der Waals surface area contributed by atoms with Gasteiger partial charge in [0.25, 0.3) is 0 Å². The minimum atomic E-state index is -0.0495. The molecule has 9 aromatic rings. The first kappa shape index (κ1) is 29.7. The van der Waals surface area contributed by atoms with Gasteiger partial charge in [0.05, 0.1) is 0 Å². The Bertz CT molecular complexity index is 2730. The lowest BCUT2D eigenvalue weighted by atomic mass is 9.80. The molecule has 0 saturated heterocycles. The first-order valence-electron chi connectivity index (χ1n) is 17.9. The quantitative estimate of drug-likeness (QED) is 0.167. The van der Waals surface area contributed by atoms with Gasteiger partial charge >= 0.3 is 0 Å². The molecule has 0 nitrogen and oxygen atoms in total. The van der Waals surface area contributed by atoms with Gasteiger partial charge in [-0.25, -0.2) is 0 Å². The topological polar surface area (TPSA) is 0 Å². The van der Waals surface area contributed by atoms with Crippen LogP contribution in [-0.4, -0.2) is 0 Å². The van der Waals surface area contributed by atoms with Crippen LogP contribution in [0.4, 0.5) is 0 Å². The fourth-order valence-electron chi connectivity index (χ4n) is 8.84. The predicted molar refractivity (Wildman–Crippen MR) is 218 cm³/mol. The van der Waals surface area contributed by atoms with Crippen LogP contribution in [0, 0.1) is 0 Å². The van der Waals surface area contributed by atoms with Crippen LogP contribution in [0.5, 0.6) is 0 Å². The highest BCUT2D eigenvalue weighted by Gasteiger charge is 2.36. The largest absolute Gasteiger partial charge is 0.0622 e. The van der Waals surface area contributed by atoms with Gasteiger partial charge in [0, 0.05) is 5.41 Å². The lowest BCUT2D eigenvalue weighted by molar-refractivity contribution is 0.666. The molecule has 0 spiro atoms. The summed E-state index contributed by atoms with van der Waals surface area (Å²) in [7, 11) is 0. The normalized spacial score (nSPS) is 13.1. The van der Waals surface area contributed by atoms with E-state index in [4.69, 9.17) is 0 Å². The molecule has 0 radical (unpaired) electrons. The first-order chi connectivity index (χ1) is 25.1. The van der Waals surface area contributed by atoms with Gasteiger partial charge in [-0.2, -0.15) is 0 Å². The summed E-state index contributed by atoms with van der Waals surface area (Å²) >= 11 is 0. The van der Waals surface area contributed by atoms with Crippen molar-refractivity contribution in [2.45, 2.75) is 19.3 Å². The number of rotatable bonds is 4. The minimum absolute atomic E-state index is 0.0495. The van der Waals surface area contributed by atoms with Gasteiger partial charge in [0.1, 0.15) is 0 Å². The van der Waals surface area contributed by atoms with Crippen molar-refractivity contribution < 1.29 is 0 Å². The fourth-order valence-corrected chi connectivity index (χ4v) is 8.84. The molecule has 1 aliphatic rings. The molecule has 51 heavy (non-hydrogen) atoms. The van der Waals surface area contributed by atoms with Crippen molar-refractivity contribution in [1.29, 1.82) is 0 Å². The number of hydrogen-bond acceptors (Lipinski definition) is 0. The molecule has 0 aliphatic heterocycles. The molecule has 0 unspecified atom stereocenters. The summed E-state index contributed by atoms with van der Waals surface area (Å²) in [6.45, 7) is 4.75. The molecule has 10 rings (SSSR count). The van der Waals surface area contributed by atoms with Crippen LogP contribution >= 0.6 is 0 Å². The predicted octanol–water partition coefficient (Wildman–Crippen LogP) is 14.1. The van der Waals surface area contributed by atoms with Crippen LogP contribution in [0.15, 0.2) is 182 Å². The van der Waals surface area contributed by atoms with Crippen molar-refractivity contribution in [2.24, 2.45) is 0 Å². The zero-order chi connectivity index (χ0) is 34.1. The van der Waals surface area contributed by atoms with E-state index in [0.29, 0.717) is 0 Å².